The predicted octanol–water partition coefficient (Wildman–Crippen LogP) is 3.55. The van der Waals surface area contributed by atoms with Gasteiger partial charge in [0.25, 0.3) is 11.8 Å². The molecule has 0 radical (unpaired) electrons. The van der Waals surface area contributed by atoms with Crippen LogP contribution in [0.1, 0.15) is 22.8 Å². The van der Waals surface area contributed by atoms with E-state index in [0.717, 1.165) is 5.56 Å². The van der Waals surface area contributed by atoms with Crippen molar-refractivity contribution in [1.29, 1.82) is 0 Å². The van der Waals surface area contributed by atoms with E-state index < -0.39 is 6.10 Å². The molecule has 154 valence electrons. The molecule has 1 aliphatic rings. The minimum atomic E-state index is -0.726. The summed E-state index contributed by atoms with van der Waals surface area (Å²) in [6.45, 7) is 4.31. The minimum Gasteiger partial charge on any atom is -0.479 e. The maximum atomic E-state index is 12.5. The number of halogens is 2. The number of ether oxygens (including phenoxy) is 2. The van der Waals surface area contributed by atoms with Crippen LogP contribution in [0.5, 0.6) is 5.75 Å². The van der Waals surface area contributed by atoms with E-state index >= 15 is 0 Å². The van der Waals surface area contributed by atoms with Crippen molar-refractivity contribution in [1.82, 2.24) is 10.2 Å². The first kappa shape index (κ1) is 21.4. The van der Waals surface area contributed by atoms with Gasteiger partial charge in [0.15, 0.2) is 6.10 Å². The van der Waals surface area contributed by atoms with E-state index in [1.807, 2.05) is 12.1 Å². The molecular formula is C21H22Cl2N2O4. The molecule has 0 saturated carbocycles. The third kappa shape index (κ3) is 5.85. The average molecular weight is 437 g/mol. The molecule has 0 spiro atoms. The maximum Gasteiger partial charge on any atom is 0.261 e. The van der Waals surface area contributed by atoms with E-state index in [1.54, 1.807) is 42.2 Å². The molecule has 2 aromatic rings. The highest BCUT2D eigenvalue weighted by Gasteiger charge is 2.19. The Hall–Kier alpha value is -2.28. The van der Waals surface area contributed by atoms with E-state index in [4.69, 9.17) is 32.7 Å². The summed E-state index contributed by atoms with van der Waals surface area (Å²) in [4.78, 5) is 26.5. The fourth-order valence-corrected chi connectivity index (χ4v) is 3.31. The summed E-state index contributed by atoms with van der Waals surface area (Å²) in [5.41, 5.74) is 1.50. The highest BCUT2D eigenvalue weighted by molar-refractivity contribution is 6.35. The lowest BCUT2D eigenvalue weighted by Gasteiger charge is -2.26. The second-order valence-electron chi connectivity index (χ2n) is 6.65. The Labute approximate surface area is 179 Å². The van der Waals surface area contributed by atoms with Gasteiger partial charge in [-0.1, -0.05) is 35.3 Å². The largest absolute Gasteiger partial charge is 0.479 e. The number of rotatable bonds is 6. The van der Waals surface area contributed by atoms with Crippen molar-refractivity contribution in [3.8, 4) is 5.75 Å². The number of benzene rings is 2. The zero-order chi connectivity index (χ0) is 20.8. The van der Waals surface area contributed by atoms with Crippen LogP contribution in [-0.2, 0) is 16.1 Å². The van der Waals surface area contributed by atoms with Gasteiger partial charge in [-0.3, -0.25) is 9.59 Å². The Kier molecular flexibility index (Phi) is 7.36. The second-order valence-corrected chi connectivity index (χ2v) is 7.50. The number of nitrogens with one attached hydrogen (secondary N) is 1. The molecule has 1 saturated heterocycles. The third-order valence-corrected chi connectivity index (χ3v) is 5.06. The molecule has 6 nitrogen and oxygen atoms in total. The molecule has 29 heavy (non-hydrogen) atoms. The fraction of sp³-hybridized carbons (Fsp3) is 0.333. The smallest absolute Gasteiger partial charge is 0.261 e. The first-order chi connectivity index (χ1) is 13.9. The first-order valence-electron chi connectivity index (χ1n) is 9.29. The standard InChI is InChI=1S/C21H22Cl2N2O4/c1-14(29-19-7-6-17(22)12-18(19)23)20(26)24-13-15-2-4-16(5-3-15)21(27)25-8-10-28-11-9-25/h2-7,12,14H,8-11,13H2,1H3,(H,24,26)/t14-/m1/s1. The monoisotopic (exact) mass is 436 g/mol. The Morgan fingerprint density at radius 2 is 1.83 bits per heavy atom. The molecule has 0 unspecified atom stereocenters. The second kappa shape index (κ2) is 9.96. The Balaban J connectivity index is 1.51. The van der Waals surface area contributed by atoms with E-state index in [-0.39, 0.29) is 11.8 Å². The molecular weight excluding hydrogens is 415 g/mol. The zero-order valence-corrected chi connectivity index (χ0v) is 17.5. The predicted molar refractivity (Wildman–Crippen MR) is 112 cm³/mol. The van der Waals surface area contributed by atoms with Gasteiger partial charge in [0.05, 0.1) is 18.2 Å². The quantitative estimate of drug-likeness (QED) is 0.751. The normalized spacial score (nSPS) is 14.9. The van der Waals surface area contributed by atoms with Crippen LogP contribution in [-0.4, -0.2) is 49.1 Å². The molecule has 0 aliphatic carbocycles. The topological polar surface area (TPSA) is 67.9 Å². The van der Waals surface area contributed by atoms with Crippen LogP contribution >= 0.6 is 23.2 Å². The number of amides is 2. The van der Waals surface area contributed by atoms with Crippen molar-refractivity contribution in [3.05, 3.63) is 63.6 Å². The van der Waals surface area contributed by atoms with Crippen LogP contribution in [0, 0.1) is 0 Å². The van der Waals surface area contributed by atoms with Crippen LogP contribution in [0.2, 0.25) is 10.0 Å². The molecule has 1 fully saturated rings. The minimum absolute atomic E-state index is 0.00856. The van der Waals surface area contributed by atoms with E-state index in [1.165, 1.54) is 0 Å². The van der Waals surface area contributed by atoms with Gasteiger partial charge in [-0.2, -0.15) is 0 Å². The van der Waals surface area contributed by atoms with Crippen molar-refractivity contribution in [2.75, 3.05) is 26.3 Å². The summed E-state index contributed by atoms with van der Waals surface area (Å²) < 4.78 is 10.9. The summed E-state index contributed by atoms with van der Waals surface area (Å²) in [5, 5.41) is 3.66. The molecule has 1 N–H and O–H groups in total. The van der Waals surface area contributed by atoms with Gasteiger partial charge in [-0.25, -0.2) is 0 Å². The lowest BCUT2D eigenvalue weighted by atomic mass is 10.1. The number of nitrogens with zero attached hydrogens (tertiary/aromatic N) is 1. The number of hydrogen-bond donors (Lipinski definition) is 1. The molecule has 1 aliphatic heterocycles. The summed E-state index contributed by atoms with van der Waals surface area (Å²) >= 11 is 11.9. The fourth-order valence-electron chi connectivity index (χ4n) is 2.86. The lowest BCUT2D eigenvalue weighted by Crippen LogP contribution is -2.40. The van der Waals surface area contributed by atoms with Crippen molar-refractivity contribution < 1.29 is 19.1 Å². The number of carbonyl (C=O) groups is 2. The van der Waals surface area contributed by atoms with Crippen LogP contribution in [0.3, 0.4) is 0 Å². The lowest BCUT2D eigenvalue weighted by molar-refractivity contribution is -0.127. The highest BCUT2D eigenvalue weighted by Crippen LogP contribution is 2.28. The summed E-state index contributed by atoms with van der Waals surface area (Å²) in [6, 6.07) is 12.0. The van der Waals surface area contributed by atoms with Gasteiger partial charge in [-0.05, 0) is 42.8 Å². The van der Waals surface area contributed by atoms with Gasteiger partial charge in [-0.15, -0.1) is 0 Å². The molecule has 1 atom stereocenters. The number of carbonyl (C=O) groups excluding carboxylic acids is 2. The van der Waals surface area contributed by atoms with Gasteiger partial charge >= 0.3 is 0 Å². The Bertz CT molecular complexity index is 867. The Morgan fingerprint density at radius 3 is 2.48 bits per heavy atom. The van der Waals surface area contributed by atoms with Crippen LogP contribution in [0.15, 0.2) is 42.5 Å². The first-order valence-corrected chi connectivity index (χ1v) is 10.0. The SMILES string of the molecule is C[C@@H](Oc1ccc(Cl)cc1Cl)C(=O)NCc1ccc(C(=O)N2CCOCC2)cc1. The molecule has 0 bridgehead atoms. The molecule has 3 rings (SSSR count). The average Bonchev–Trinajstić information content (AvgIpc) is 2.74. The van der Waals surface area contributed by atoms with Crippen molar-refractivity contribution in [2.45, 2.75) is 19.6 Å². The van der Waals surface area contributed by atoms with Gasteiger partial charge in [0, 0.05) is 30.2 Å². The molecule has 2 aromatic carbocycles. The Morgan fingerprint density at radius 1 is 1.14 bits per heavy atom. The van der Waals surface area contributed by atoms with Gasteiger partial charge in [0.2, 0.25) is 0 Å². The van der Waals surface area contributed by atoms with Gasteiger partial charge < -0.3 is 19.7 Å². The number of morpholine rings is 1. The van der Waals surface area contributed by atoms with Crippen LogP contribution in [0.25, 0.3) is 0 Å². The highest BCUT2D eigenvalue weighted by atomic mass is 35.5. The summed E-state index contributed by atoms with van der Waals surface area (Å²) in [6.07, 6.45) is -0.726. The van der Waals surface area contributed by atoms with Crippen LogP contribution < -0.4 is 10.1 Å². The van der Waals surface area contributed by atoms with E-state index in [9.17, 15) is 9.59 Å². The molecule has 8 heteroatoms. The van der Waals surface area contributed by atoms with Crippen molar-refractivity contribution in [2.24, 2.45) is 0 Å². The van der Waals surface area contributed by atoms with Crippen LogP contribution in [0.4, 0.5) is 0 Å². The maximum absolute atomic E-state index is 12.5. The molecule has 2 amide bonds. The third-order valence-electron chi connectivity index (χ3n) is 4.53. The number of hydrogen-bond acceptors (Lipinski definition) is 4. The summed E-state index contributed by atoms with van der Waals surface area (Å²) in [7, 11) is 0. The van der Waals surface area contributed by atoms with E-state index in [0.29, 0.717) is 54.2 Å². The molecule has 0 aromatic heterocycles. The van der Waals surface area contributed by atoms with Crippen molar-refractivity contribution >= 4 is 35.0 Å². The van der Waals surface area contributed by atoms with Crippen molar-refractivity contribution in [3.63, 3.8) is 0 Å². The van der Waals surface area contributed by atoms with E-state index in [2.05, 4.69) is 5.32 Å². The molecule has 1 heterocycles. The zero-order valence-electron chi connectivity index (χ0n) is 16.0. The summed E-state index contributed by atoms with van der Waals surface area (Å²) in [5.74, 6) is 0.111. The van der Waals surface area contributed by atoms with Gasteiger partial charge in [0.1, 0.15) is 5.75 Å².